The molecule has 2 N–H and O–H groups in total. The number of alkyl halides is 3. The minimum absolute atomic E-state index is 0.0615. The highest BCUT2D eigenvalue weighted by atomic mass is 32.2. The van der Waals surface area contributed by atoms with Crippen LogP contribution >= 0.6 is 0 Å². The Balaban J connectivity index is 2.00. The zero-order valence-corrected chi connectivity index (χ0v) is 19.2. The van der Waals surface area contributed by atoms with Gasteiger partial charge in [0.2, 0.25) is 5.91 Å². The maximum atomic E-state index is 13.6. The molecule has 0 atom stereocenters. The number of amides is 1. The number of aromatic amines is 1. The Hall–Kier alpha value is -3.34. The van der Waals surface area contributed by atoms with Gasteiger partial charge in [-0.1, -0.05) is 12.1 Å². The van der Waals surface area contributed by atoms with Crippen LogP contribution in [-0.4, -0.2) is 31.1 Å². The zero-order valence-electron chi connectivity index (χ0n) is 18.4. The number of halogens is 3. The molecule has 0 saturated heterocycles. The van der Waals surface area contributed by atoms with E-state index in [0.717, 1.165) is 33.6 Å². The zero-order chi connectivity index (χ0) is 24.6. The van der Waals surface area contributed by atoms with Crippen LogP contribution in [0.5, 0.6) is 0 Å². The van der Waals surface area contributed by atoms with Crippen LogP contribution in [0.4, 0.5) is 24.5 Å². The third-order valence-electron chi connectivity index (χ3n) is 4.86. The van der Waals surface area contributed by atoms with E-state index in [4.69, 9.17) is 0 Å². The van der Waals surface area contributed by atoms with Gasteiger partial charge in [-0.25, -0.2) is 8.42 Å². The second-order valence-electron chi connectivity index (χ2n) is 7.75. The van der Waals surface area contributed by atoms with Crippen molar-refractivity contribution in [2.75, 3.05) is 16.2 Å². The van der Waals surface area contributed by atoms with Crippen molar-refractivity contribution in [3.05, 3.63) is 70.5 Å². The van der Waals surface area contributed by atoms with Gasteiger partial charge in [-0.2, -0.15) is 18.3 Å². The summed E-state index contributed by atoms with van der Waals surface area (Å²) in [4.78, 5) is 12.7. The summed E-state index contributed by atoms with van der Waals surface area (Å²) < 4.78 is 67.0. The Kier molecular flexibility index (Phi) is 6.55. The SMILES string of the molecule is Cc1cc(C)cc(N(CC(=O)Nc2cccc(C(F)(F)F)c2)S(=O)(=O)c2c(C)n[nH]c2C)c1. The van der Waals surface area contributed by atoms with E-state index in [1.54, 1.807) is 32.9 Å². The molecular formula is C22H23F3N4O3S. The molecule has 2 aromatic carbocycles. The van der Waals surface area contributed by atoms with E-state index in [2.05, 4.69) is 15.5 Å². The Morgan fingerprint density at radius 3 is 2.24 bits per heavy atom. The highest BCUT2D eigenvalue weighted by molar-refractivity contribution is 7.93. The van der Waals surface area contributed by atoms with E-state index in [-0.39, 0.29) is 22.0 Å². The number of carbonyl (C=O) groups is 1. The van der Waals surface area contributed by atoms with Crippen LogP contribution in [0.1, 0.15) is 28.1 Å². The summed E-state index contributed by atoms with van der Waals surface area (Å²) in [5.41, 5.74) is 1.34. The largest absolute Gasteiger partial charge is 0.416 e. The topological polar surface area (TPSA) is 95.2 Å². The number of sulfonamides is 1. The van der Waals surface area contributed by atoms with Gasteiger partial charge in [0.1, 0.15) is 11.4 Å². The Morgan fingerprint density at radius 1 is 1.06 bits per heavy atom. The van der Waals surface area contributed by atoms with Gasteiger partial charge >= 0.3 is 6.18 Å². The number of aromatic nitrogens is 2. The van der Waals surface area contributed by atoms with Crippen molar-refractivity contribution in [3.8, 4) is 0 Å². The molecule has 0 radical (unpaired) electrons. The first-order valence-electron chi connectivity index (χ1n) is 9.89. The molecule has 0 aliphatic rings. The fraction of sp³-hybridized carbons (Fsp3) is 0.273. The molecule has 33 heavy (non-hydrogen) atoms. The summed E-state index contributed by atoms with van der Waals surface area (Å²) in [6, 6.07) is 9.22. The molecule has 7 nitrogen and oxygen atoms in total. The number of hydrogen-bond donors (Lipinski definition) is 2. The van der Waals surface area contributed by atoms with Crippen molar-refractivity contribution < 1.29 is 26.4 Å². The number of H-pyrrole nitrogens is 1. The molecule has 1 aromatic heterocycles. The molecule has 1 heterocycles. The molecule has 0 fully saturated rings. The van der Waals surface area contributed by atoms with Crippen LogP contribution in [0.25, 0.3) is 0 Å². The lowest BCUT2D eigenvalue weighted by molar-refractivity contribution is -0.137. The molecule has 0 saturated carbocycles. The van der Waals surface area contributed by atoms with Gasteiger partial charge in [0.15, 0.2) is 0 Å². The molecule has 1 amide bonds. The van der Waals surface area contributed by atoms with E-state index in [1.807, 2.05) is 6.07 Å². The first-order chi connectivity index (χ1) is 15.3. The monoisotopic (exact) mass is 480 g/mol. The highest BCUT2D eigenvalue weighted by Crippen LogP contribution is 2.31. The van der Waals surface area contributed by atoms with E-state index in [1.165, 1.54) is 13.0 Å². The standard InChI is InChI=1S/C22H23F3N4O3S/c1-13-8-14(2)10-19(9-13)29(33(31,32)21-15(3)27-28-16(21)4)12-20(30)26-18-7-5-6-17(11-18)22(23,24)25/h5-11H,12H2,1-4H3,(H,26,30)(H,27,28). The van der Waals surface area contributed by atoms with Crippen LogP contribution in [0, 0.1) is 27.7 Å². The molecular weight excluding hydrogens is 457 g/mol. The molecule has 3 aromatic rings. The third kappa shape index (κ3) is 5.36. The van der Waals surface area contributed by atoms with E-state index >= 15 is 0 Å². The van der Waals surface area contributed by atoms with Crippen LogP contribution in [0.3, 0.4) is 0 Å². The molecule has 0 aliphatic heterocycles. The van der Waals surface area contributed by atoms with Crippen molar-refractivity contribution in [1.29, 1.82) is 0 Å². The van der Waals surface area contributed by atoms with Gasteiger partial charge < -0.3 is 5.32 Å². The Bertz CT molecular complexity index is 1260. The van der Waals surface area contributed by atoms with Crippen molar-refractivity contribution in [2.24, 2.45) is 0 Å². The number of anilines is 2. The maximum absolute atomic E-state index is 13.6. The average molecular weight is 481 g/mol. The minimum atomic E-state index is -4.58. The molecule has 0 spiro atoms. The smallest absolute Gasteiger partial charge is 0.325 e. The van der Waals surface area contributed by atoms with Crippen LogP contribution in [0.15, 0.2) is 47.4 Å². The van der Waals surface area contributed by atoms with Gasteiger partial charge in [-0.15, -0.1) is 0 Å². The van der Waals surface area contributed by atoms with Gasteiger partial charge in [0.05, 0.1) is 22.6 Å². The molecule has 176 valence electrons. The summed E-state index contributed by atoms with van der Waals surface area (Å²) in [6.45, 7) is 6.01. The van der Waals surface area contributed by atoms with Crippen molar-refractivity contribution in [3.63, 3.8) is 0 Å². The normalized spacial score (nSPS) is 12.0. The number of aryl methyl sites for hydroxylation is 4. The lowest BCUT2D eigenvalue weighted by Gasteiger charge is -2.25. The predicted octanol–water partition coefficient (Wildman–Crippen LogP) is 4.50. The number of benzene rings is 2. The highest BCUT2D eigenvalue weighted by Gasteiger charge is 2.33. The quantitative estimate of drug-likeness (QED) is 0.543. The molecule has 0 unspecified atom stereocenters. The molecule has 3 rings (SSSR count). The van der Waals surface area contributed by atoms with Gasteiger partial charge in [-0.3, -0.25) is 14.2 Å². The number of carbonyl (C=O) groups excluding carboxylic acids is 1. The van der Waals surface area contributed by atoms with Crippen LogP contribution in [-0.2, 0) is 21.0 Å². The first-order valence-corrected chi connectivity index (χ1v) is 11.3. The summed E-state index contributed by atoms with van der Waals surface area (Å²) in [5.74, 6) is -0.796. The van der Waals surface area contributed by atoms with Crippen molar-refractivity contribution in [2.45, 2.75) is 38.8 Å². The minimum Gasteiger partial charge on any atom is -0.325 e. The van der Waals surface area contributed by atoms with E-state index in [9.17, 15) is 26.4 Å². The summed E-state index contributed by atoms with van der Waals surface area (Å²) in [6.07, 6.45) is -4.58. The van der Waals surface area contributed by atoms with Crippen molar-refractivity contribution >= 4 is 27.3 Å². The second kappa shape index (κ2) is 8.89. The number of nitrogens with zero attached hydrogens (tertiary/aromatic N) is 2. The van der Waals surface area contributed by atoms with E-state index < -0.39 is 34.2 Å². The average Bonchev–Trinajstić information content (AvgIpc) is 3.03. The second-order valence-corrected chi connectivity index (χ2v) is 9.55. The fourth-order valence-corrected chi connectivity index (χ4v) is 5.29. The molecule has 0 bridgehead atoms. The van der Waals surface area contributed by atoms with Gasteiger partial charge in [0.25, 0.3) is 10.0 Å². The lowest BCUT2D eigenvalue weighted by atomic mass is 10.1. The Morgan fingerprint density at radius 2 is 1.70 bits per heavy atom. The predicted molar refractivity (Wildman–Crippen MR) is 119 cm³/mol. The fourth-order valence-electron chi connectivity index (χ4n) is 3.54. The van der Waals surface area contributed by atoms with Gasteiger partial charge in [-0.05, 0) is 69.2 Å². The third-order valence-corrected chi connectivity index (χ3v) is 6.90. The molecule has 0 aliphatic carbocycles. The van der Waals surface area contributed by atoms with Gasteiger partial charge in [0, 0.05) is 5.69 Å². The summed E-state index contributed by atoms with van der Waals surface area (Å²) >= 11 is 0. The lowest BCUT2D eigenvalue weighted by Crippen LogP contribution is -2.38. The summed E-state index contributed by atoms with van der Waals surface area (Å²) in [5, 5.41) is 8.92. The number of nitrogens with one attached hydrogen (secondary N) is 2. The number of rotatable bonds is 6. The van der Waals surface area contributed by atoms with Crippen molar-refractivity contribution in [1.82, 2.24) is 10.2 Å². The first kappa shape index (κ1) is 24.3. The van der Waals surface area contributed by atoms with Crippen LogP contribution < -0.4 is 9.62 Å². The van der Waals surface area contributed by atoms with E-state index in [0.29, 0.717) is 5.69 Å². The summed E-state index contributed by atoms with van der Waals surface area (Å²) in [7, 11) is -4.23. The Labute approximate surface area is 189 Å². The number of hydrogen-bond acceptors (Lipinski definition) is 4. The van der Waals surface area contributed by atoms with Crippen LogP contribution in [0.2, 0.25) is 0 Å². The molecule has 11 heteroatoms. The maximum Gasteiger partial charge on any atom is 0.416 e.